The summed E-state index contributed by atoms with van der Waals surface area (Å²) in [4.78, 5) is 4.46. The van der Waals surface area contributed by atoms with Crippen molar-refractivity contribution in [3.63, 3.8) is 0 Å². The maximum atomic E-state index is 5.72. The normalized spacial score (nSPS) is 10.9. The third kappa shape index (κ3) is 1.27. The van der Waals surface area contributed by atoms with Crippen molar-refractivity contribution >= 4 is 11.3 Å². The van der Waals surface area contributed by atoms with Gasteiger partial charge in [0.15, 0.2) is 5.65 Å². The molecule has 15 heavy (non-hydrogen) atoms. The Morgan fingerprint density at radius 1 is 1.27 bits per heavy atom. The first-order valence-corrected chi connectivity index (χ1v) is 4.71. The second-order valence-corrected chi connectivity index (χ2v) is 3.44. The van der Waals surface area contributed by atoms with Crippen LogP contribution in [0, 0.1) is 0 Å². The lowest BCUT2D eigenvalue weighted by atomic mass is 10.1. The number of H-pyrrole nitrogens is 1. The molecule has 74 valence electrons. The van der Waals surface area contributed by atoms with E-state index in [2.05, 4.69) is 10.1 Å². The van der Waals surface area contributed by atoms with Crippen LogP contribution in [0.1, 0.15) is 0 Å². The highest BCUT2D eigenvalue weighted by atomic mass is 15.2. The summed E-state index contributed by atoms with van der Waals surface area (Å²) >= 11 is 0. The van der Waals surface area contributed by atoms with Crippen LogP contribution in [0.5, 0.6) is 0 Å². The molecule has 0 aliphatic carbocycles. The minimum Gasteiger partial charge on any atom is -0.399 e. The summed E-state index contributed by atoms with van der Waals surface area (Å²) in [6.07, 6.45) is 3.80. The molecule has 0 saturated heterocycles. The van der Waals surface area contributed by atoms with Crippen LogP contribution in [0.25, 0.3) is 16.9 Å². The summed E-state index contributed by atoms with van der Waals surface area (Å²) in [5, 5.41) is 3.05. The fourth-order valence-electron chi connectivity index (χ4n) is 1.64. The van der Waals surface area contributed by atoms with E-state index in [-0.39, 0.29) is 0 Å². The highest BCUT2D eigenvalue weighted by molar-refractivity contribution is 5.65. The van der Waals surface area contributed by atoms with E-state index in [1.807, 2.05) is 47.2 Å². The van der Waals surface area contributed by atoms with Gasteiger partial charge < -0.3 is 10.8 Å². The molecule has 0 saturated carbocycles. The van der Waals surface area contributed by atoms with Crippen LogP contribution in [-0.2, 0) is 0 Å². The number of hydrogen-bond donors (Lipinski definition) is 2. The molecule has 3 N–H and O–H groups in total. The van der Waals surface area contributed by atoms with E-state index < -0.39 is 0 Å². The molecule has 2 aromatic heterocycles. The number of benzene rings is 1. The topological polar surface area (TPSA) is 59.1 Å². The maximum absolute atomic E-state index is 5.72. The molecule has 4 nitrogen and oxygen atoms in total. The predicted molar refractivity (Wildman–Crippen MR) is 59.4 cm³/mol. The molecule has 1 aromatic carbocycles. The first-order valence-electron chi connectivity index (χ1n) is 4.71. The average molecular weight is 198 g/mol. The Hall–Kier alpha value is -2.23. The molecule has 3 aromatic rings. The molecular formula is C11H10N4. The molecule has 0 amide bonds. The number of aromatic amines is 1. The van der Waals surface area contributed by atoms with Gasteiger partial charge in [-0.2, -0.15) is 0 Å². The molecule has 0 bridgehead atoms. The lowest BCUT2D eigenvalue weighted by Crippen LogP contribution is -1.85. The molecule has 3 rings (SSSR count). The number of nitrogens with zero attached hydrogens (tertiary/aromatic N) is 2. The number of rotatable bonds is 1. The van der Waals surface area contributed by atoms with E-state index in [9.17, 15) is 0 Å². The van der Waals surface area contributed by atoms with Gasteiger partial charge in [0, 0.05) is 23.5 Å². The Bertz CT molecular complexity index is 577. The molecule has 0 atom stereocenters. The van der Waals surface area contributed by atoms with Crippen LogP contribution in [0.15, 0.2) is 42.7 Å². The largest absolute Gasteiger partial charge is 0.399 e. The van der Waals surface area contributed by atoms with Crippen molar-refractivity contribution in [2.24, 2.45) is 0 Å². The number of hydrogen-bond acceptors (Lipinski definition) is 2. The summed E-state index contributed by atoms with van der Waals surface area (Å²) in [5.74, 6) is 0. The average Bonchev–Trinajstić information content (AvgIpc) is 2.76. The van der Waals surface area contributed by atoms with Crippen LogP contribution >= 0.6 is 0 Å². The van der Waals surface area contributed by atoms with Crippen molar-refractivity contribution in [2.45, 2.75) is 0 Å². The number of imidazole rings is 1. The van der Waals surface area contributed by atoms with E-state index in [0.29, 0.717) is 0 Å². The summed E-state index contributed by atoms with van der Waals surface area (Å²) in [6, 6.07) is 9.64. The summed E-state index contributed by atoms with van der Waals surface area (Å²) in [5.41, 5.74) is 9.35. The highest BCUT2D eigenvalue weighted by Gasteiger charge is 2.04. The van der Waals surface area contributed by atoms with Gasteiger partial charge in [-0.05, 0) is 12.1 Å². The Kier molecular flexibility index (Phi) is 1.56. The van der Waals surface area contributed by atoms with Crippen molar-refractivity contribution in [1.29, 1.82) is 0 Å². The monoisotopic (exact) mass is 198 g/mol. The number of nitrogens with one attached hydrogen (secondary N) is 1. The van der Waals surface area contributed by atoms with Crippen molar-refractivity contribution in [1.82, 2.24) is 14.6 Å². The molecule has 0 unspecified atom stereocenters. The predicted octanol–water partition coefficient (Wildman–Crippen LogP) is 1.91. The van der Waals surface area contributed by atoms with Gasteiger partial charge in [0.2, 0.25) is 0 Å². The lowest BCUT2D eigenvalue weighted by Gasteiger charge is -1.96. The van der Waals surface area contributed by atoms with Gasteiger partial charge in [0.05, 0.1) is 11.9 Å². The summed E-state index contributed by atoms with van der Waals surface area (Å²) in [7, 11) is 0. The van der Waals surface area contributed by atoms with E-state index in [1.54, 1.807) is 0 Å². The molecule has 0 fully saturated rings. The fraction of sp³-hybridized carbons (Fsp3) is 0. The Morgan fingerprint density at radius 2 is 2.20 bits per heavy atom. The van der Waals surface area contributed by atoms with Crippen LogP contribution < -0.4 is 5.73 Å². The van der Waals surface area contributed by atoms with Crippen LogP contribution in [0.3, 0.4) is 0 Å². The van der Waals surface area contributed by atoms with E-state index in [1.165, 1.54) is 0 Å². The maximum Gasteiger partial charge on any atom is 0.153 e. The van der Waals surface area contributed by atoms with Gasteiger partial charge in [-0.25, -0.2) is 9.50 Å². The molecule has 0 spiro atoms. The number of aromatic nitrogens is 3. The highest BCUT2D eigenvalue weighted by Crippen LogP contribution is 2.20. The van der Waals surface area contributed by atoms with Crippen molar-refractivity contribution < 1.29 is 0 Å². The third-order valence-electron chi connectivity index (χ3n) is 2.36. The standard InChI is InChI=1S/C11H10N4/c12-9-3-1-2-8(6-9)10-7-15-11(14-10)4-5-13-15/h1-7,13H,12H2. The second kappa shape index (κ2) is 2.88. The summed E-state index contributed by atoms with van der Waals surface area (Å²) < 4.78 is 1.87. The molecule has 0 aliphatic rings. The number of nitrogens with two attached hydrogens (primary N) is 1. The minimum atomic E-state index is 0.754. The Morgan fingerprint density at radius 3 is 3.00 bits per heavy atom. The van der Waals surface area contributed by atoms with Crippen LogP contribution in [0.4, 0.5) is 5.69 Å². The van der Waals surface area contributed by atoms with Crippen molar-refractivity contribution in [3.8, 4) is 11.3 Å². The van der Waals surface area contributed by atoms with Gasteiger partial charge in [-0.3, -0.25) is 0 Å². The minimum absolute atomic E-state index is 0.754. The van der Waals surface area contributed by atoms with E-state index >= 15 is 0 Å². The smallest absolute Gasteiger partial charge is 0.153 e. The first-order chi connectivity index (χ1) is 7.33. The van der Waals surface area contributed by atoms with Gasteiger partial charge in [-0.15, -0.1) is 0 Å². The molecule has 0 radical (unpaired) electrons. The number of fused-ring (bicyclic) bond motifs is 1. The zero-order valence-corrected chi connectivity index (χ0v) is 8.01. The van der Waals surface area contributed by atoms with Crippen molar-refractivity contribution in [2.75, 3.05) is 5.73 Å². The zero-order valence-electron chi connectivity index (χ0n) is 8.01. The van der Waals surface area contributed by atoms with E-state index in [0.717, 1.165) is 22.6 Å². The SMILES string of the molecule is Nc1cccc(-c2cn3[nH]ccc3n2)c1. The first kappa shape index (κ1) is 8.11. The molecule has 2 heterocycles. The van der Waals surface area contributed by atoms with E-state index in [4.69, 9.17) is 5.73 Å². The number of anilines is 1. The van der Waals surface area contributed by atoms with Crippen LogP contribution in [-0.4, -0.2) is 14.6 Å². The third-order valence-corrected chi connectivity index (χ3v) is 2.36. The van der Waals surface area contributed by atoms with Gasteiger partial charge >= 0.3 is 0 Å². The second-order valence-electron chi connectivity index (χ2n) is 3.44. The van der Waals surface area contributed by atoms with Crippen molar-refractivity contribution in [3.05, 3.63) is 42.7 Å². The van der Waals surface area contributed by atoms with Gasteiger partial charge in [0.25, 0.3) is 0 Å². The molecular weight excluding hydrogens is 188 g/mol. The quantitative estimate of drug-likeness (QED) is 0.587. The van der Waals surface area contributed by atoms with Crippen LogP contribution in [0.2, 0.25) is 0 Å². The Balaban J connectivity index is 2.17. The number of nitrogen functional groups attached to an aromatic ring is 1. The Labute approximate surface area is 86.3 Å². The fourth-order valence-corrected chi connectivity index (χ4v) is 1.64. The summed E-state index contributed by atoms with van der Waals surface area (Å²) in [6.45, 7) is 0. The molecule has 4 heteroatoms. The van der Waals surface area contributed by atoms with Gasteiger partial charge in [0.1, 0.15) is 0 Å². The van der Waals surface area contributed by atoms with Gasteiger partial charge in [-0.1, -0.05) is 12.1 Å². The molecule has 0 aliphatic heterocycles. The zero-order chi connectivity index (χ0) is 10.3. The lowest BCUT2D eigenvalue weighted by molar-refractivity contribution is 0.974.